The van der Waals surface area contributed by atoms with Gasteiger partial charge < -0.3 is 5.11 Å². The quantitative estimate of drug-likeness (QED) is 0.815. The van der Waals surface area contributed by atoms with Crippen LogP contribution in [0.15, 0.2) is 24.3 Å². The summed E-state index contributed by atoms with van der Waals surface area (Å²) >= 11 is 0. The van der Waals surface area contributed by atoms with Crippen LogP contribution in [-0.4, -0.2) is 17.6 Å². The van der Waals surface area contributed by atoms with Crippen molar-refractivity contribution in [2.45, 2.75) is 39.7 Å². The normalized spacial score (nSPS) is 14.5. The zero-order valence-electron chi connectivity index (χ0n) is 11.7. The van der Waals surface area contributed by atoms with E-state index < -0.39 is 11.5 Å². The molecule has 0 aliphatic carbocycles. The molecule has 0 fully saturated rings. The molecule has 0 bridgehead atoms. The summed E-state index contributed by atoms with van der Waals surface area (Å²) in [6, 6.07) is 7.66. The molecule has 0 aliphatic heterocycles. The zero-order valence-corrected chi connectivity index (χ0v) is 11.7. The van der Waals surface area contributed by atoms with Crippen LogP contribution in [0.1, 0.15) is 38.3 Å². The Hall–Kier alpha value is -1.35. The minimum Gasteiger partial charge on any atom is -0.480 e. The minimum absolute atomic E-state index is 0.563. The number of rotatable bonds is 6. The number of benzene rings is 1. The van der Waals surface area contributed by atoms with Crippen molar-refractivity contribution < 1.29 is 9.90 Å². The second-order valence-electron chi connectivity index (χ2n) is 5.41. The maximum atomic E-state index is 11.5. The van der Waals surface area contributed by atoms with Crippen molar-refractivity contribution in [1.82, 2.24) is 5.32 Å². The first-order valence-corrected chi connectivity index (χ1v) is 6.42. The molecule has 0 heterocycles. The van der Waals surface area contributed by atoms with E-state index in [1.807, 2.05) is 31.2 Å². The van der Waals surface area contributed by atoms with Gasteiger partial charge in [-0.1, -0.05) is 43.7 Å². The van der Waals surface area contributed by atoms with Crippen molar-refractivity contribution in [3.63, 3.8) is 0 Å². The summed E-state index contributed by atoms with van der Waals surface area (Å²) < 4.78 is 0. The van der Waals surface area contributed by atoms with Gasteiger partial charge in [0.05, 0.1) is 0 Å². The fraction of sp³-hybridized carbons (Fsp3) is 0.533. The molecule has 3 nitrogen and oxygen atoms in total. The Morgan fingerprint density at radius 1 is 1.44 bits per heavy atom. The van der Waals surface area contributed by atoms with Crippen LogP contribution in [0.4, 0.5) is 0 Å². The van der Waals surface area contributed by atoms with Gasteiger partial charge in [0.15, 0.2) is 0 Å². The Morgan fingerprint density at radius 3 is 2.61 bits per heavy atom. The lowest BCUT2D eigenvalue weighted by atomic mass is 9.90. The molecule has 1 aromatic carbocycles. The van der Waals surface area contributed by atoms with Gasteiger partial charge in [-0.25, -0.2) is 4.79 Å². The van der Waals surface area contributed by atoms with Gasteiger partial charge in [0, 0.05) is 0 Å². The van der Waals surface area contributed by atoms with E-state index in [1.54, 1.807) is 6.92 Å². The summed E-state index contributed by atoms with van der Waals surface area (Å²) in [5, 5.41) is 12.7. The Labute approximate surface area is 109 Å². The fourth-order valence-electron chi connectivity index (χ4n) is 1.87. The van der Waals surface area contributed by atoms with Gasteiger partial charge in [0.25, 0.3) is 0 Å². The summed E-state index contributed by atoms with van der Waals surface area (Å²) in [7, 11) is 0. The summed E-state index contributed by atoms with van der Waals surface area (Å²) in [6.45, 7) is 8.66. The first-order chi connectivity index (χ1) is 8.36. The van der Waals surface area contributed by atoms with Crippen LogP contribution in [-0.2, 0) is 10.3 Å². The third-order valence-corrected chi connectivity index (χ3v) is 3.22. The van der Waals surface area contributed by atoms with Gasteiger partial charge >= 0.3 is 5.97 Å². The Kier molecular flexibility index (Phi) is 4.91. The highest BCUT2D eigenvalue weighted by molar-refractivity contribution is 5.80. The molecule has 0 saturated heterocycles. The molecule has 1 rings (SSSR count). The summed E-state index contributed by atoms with van der Waals surface area (Å²) in [5.41, 5.74) is 0.866. The first kappa shape index (κ1) is 14.7. The molecular formula is C15H23NO2. The van der Waals surface area contributed by atoms with Crippen molar-refractivity contribution in [3.8, 4) is 0 Å². The van der Waals surface area contributed by atoms with Crippen molar-refractivity contribution in [2.75, 3.05) is 6.54 Å². The number of carboxylic acid groups (broad SMARTS) is 1. The molecule has 1 unspecified atom stereocenters. The average molecular weight is 249 g/mol. The van der Waals surface area contributed by atoms with Crippen molar-refractivity contribution in [1.29, 1.82) is 0 Å². The summed E-state index contributed by atoms with van der Waals surface area (Å²) in [4.78, 5) is 11.5. The van der Waals surface area contributed by atoms with Crippen molar-refractivity contribution in [3.05, 3.63) is 35.4 Å². The van der Waals surface area contributed by atoms with Crippen LogP contribution in [0, 0.1) is 12.8 Å². The number of aliphatic carboxylic acids is 1. The molecule has 0 spiro atoms. The number of nitrogens with one attached hydrogen (secondary N) is 1. The lowest BCUT2D eigenvalue weighted by Gasteiger charge is -2.27. The summed E-state index contributed by atoms with van der Waals surface area (Å²) in [5.74, 6) is -0.273. The molecule has 0 aromatic heterocycles. The predicted molar refractivity (Wildman–Crippen MR) is 73.6 cm³/mol. The maximum absolute atomic E-state index is 11.5. The van der Waals surface area contributed by atoms with Crippen LogP contribution in [0.3, 0.4) is 0 Å². The fourth-order valence-corrected chi connectivity index (χ4v) is 1.87. The minimum atomic E-state index is -1.01. The Balaban J connectivity index is 2.90. The molecule has 0 amide bonds. The number of aryl methyl sites for hydroxylation is 1. The molecule has 100 valence electrons. The SMILES string of the molecule is Cc1cccc(C(C)(NCCC(C)C)C(=O)O)c1. The van der Waals surface area contributed by atoms with Crippen LogP contribution in [0.2, 0.25) is 0 Å². The second-order valence-corrected chi connectivity index (χ2v) is 5.41. The molecular weight excluding hydrogens is 226 g/mol. The number of hydrogen-bond acceptors (Lipinski definition) is 2. The number of hydrogen-bond donors (Lipinski definition) is 2. The van der Waals surface area contributed by atoms with Crippen molar-refractivity contribution in [2.24, 2.45) is 5.92 Å². The van der Waals surface area contributed by atoms with Gasteiger partial charge in [-0.15, -0.1) is 0 Å². The van der Waals surface area contributed by atoms with E-state index in [0.29, 0.717) is 12.5 Å². The predicted octanol–water partition coefficient (Wildman–Crippen LogP) is 2.93. The number of carboxylic acids is 1. The molecule has 0 radical (unpaired) electrons. The standard InChI is InChI=1S/C15H23NO2/c1-11(2)8-9-16-15(4,14(17)18)13-7-5-6-12(3)10-13/h5-7,10-11,16H,8-9H2,1-4H3,(H,17,18). The van der Waals surface area contributed by atoms with Gasteiger partial charge in [-0.05, 0) is 38.3 Å². The molecule has 0 aliphatic rings. The molecule has 1 aromatic rings. The van der Waals surface area contributed by atoms with Crippen LogP contribution in [0.5, 0.6) is 0 Å². The van der Waals surface area contributed by atoms with Crippen molar-refractivity contribution >= 4 is 5.97 Å². The van der Waals surface area contributed by atoms with E-state index in [0.717, 1.165) is 17.5 Å². The van der Waals surface area contributed by atoms with Gasteiger partial charge in [0.1, 0.15) is 5.54 Å². The van der Waals surface area contributed by atoms with Crippen LogP contribution in [0.25, 0.3) is 0 Å². The lowest BCUT2D eigenvalue weighted by molar-refractivity contribution is -0.144. The van der Waals surface area contributed by atoms with E-state index in [-0.39, 0.29) is 0 Å². The smallest absolute Gasteiger partial charge is 0.328 e. The van der Waals surface area contributed by atoms with E-state index in [9.17, 15) is 9.90 Å². The van der Waals surface area contributed by atoms with E-state index in [1.165, 1.54) is 0 Å². The van der Waals surface area contributed by atoms with Gasteiger partial charge in [-0.2, -0.15) is 0 Å². The van der Waals surface area contributed by atoms with Gasteiger partial charge in [-0.3, -0.25) is 5.32 Å². The van der Waals surface area contributed by atoms with Crippen LogP contribution < -0.4 is 5.32 Å². The highest BCUT2D eigenvalue weighted by Crippen LogP contribution is 2.22. The van der Waals surface area contributed by atoms with E-state index >= 15 is 0 Å². The number of carbonyl (C=O) groups is 1. The largest absolute Gasteiger partial charge is 0.480 e. The topological polar surface area (TPSA) is 49.3 Å². The first-order valence-electron chi connectivity index (χ1n) is 6.42. The molecule has 0 saturated carbocycles. The molecule has 1 atom stereocenters. The third-order valence-electron chi connectivity index (χ3n) is 3.22. The molecule has 18 heavy (non-hydrogen) atoms. The second kappa shape index (κ2) is 6.01. The monoisotopic (exact) mass is 249 g/mol. The molecule has 3 heteroatoms. The van der Waals surface area contributed by atoms with Gasteiger partial charge in [0.2, 0.25) is 0 Å². The highest BCUT2D eigenvalue weighted by Gasteiger charge is 2.34. The van der Waals surface area contributed by atoms with E-state index in [4.69, 9.17) is 0 Å². The Bertz CT molecular complexity index is 415. The zero-order chi connectivity index (χ0) is 13.8. The lowest BCUT2D eigenvalue weighted by Crippen LogP contribution is -2.47. The summed E-state index contributed by atoms with van der Waals surface area (Å²) in [6.07, 6.45) is 0.967. The highest BCUT2D eigenvalue weighted by atomic mass is 16.4. The Morgan fingerprint density at radius 2 is 2.11 bits per heavy atom. The van der Waals surface area contributed by atoms with Crippen LogP contribution >= 0.6 is 0 Å². The maximum Gasteiger partial charge on any atom is 0.328 e. The van der Waals surface area contributed by atoms with E-state index in [2.05, 4.69) is 19.2 Å². The molecule has 2 N–H and O–H groups in total. The third kappa shape index (κ3) is 3.57. The average Bonchev–Trinajstić information content (AvgIpc) is 2.28.